The highest BCUT2D eigenvalue weighted by molar-refractivity contribution is 6.31. The highest BCUT2D eigenvalue weighted by Gasteiger charge is 2.09. The zero-order valence-electron chi connectivity index (χ0n) is 13.0. The number of carbonyl (C=O) groups is 1. The largest absolute Gasteiger partial charge is 0.486 e. The smallest absolute Gasteiger partial charge is 0.221 e. The fraction of sp³-hybridized carbons (Fsp3) is 0.200. The molecule has 0 saturated carbocycles. The Hall–Kier alpha value is -2.35. The number of rotatable bonds is 5. The molecule has 0 spiro atoms. The maximum atomic E-state index is 8.94. The molecule has 0 radical (unpaired) electrons. The zero-order chi connectivity index (χ0) is 17.2. The van der Waals surface area contributed by atoms with Crippen molar-refractivity contribution in [2.24, 2.45) is 11.7 Å². The summed E-state index contributed by atoms with van der Waals surface area (Å²) in [6.45, 7) is 2.42. The Labute approximate surface area is 140 Å². The first-order valence-electron chi connectivity index (χ1n) is 6.70. The van der Waals surface area contributed by atoms with Gasteiger partial charge in [0, 0.05) is 18.8 Å². The fourth-order valence-corrected chi connectivity index (χ4v) is 1.98. The third-order valence-electron chi connectivity index (χ3n) is 2.94. The number of aryl methyl sites for hydroxylation is 1. The van der Waals surface area contributed by atoms with Crippen LogP contribution in [0.2, 0.25) is 5.02 Å². The summed E-state index contributed by atoms with van der Waals surface area (Å²) in [5.74, 6) is 10.8. The van der Waals surface area contributed by atoms with Crippen molar-refractivity contribution in [3.05, 3.63) is 52.8 Å². The molecule has 0 unspecified atom stereocenters. The van der Waals surface area contributed by atoms with Gasteiger partial charge in [-0.2, -0.15) is 0 Å². The van der Waals surface area contributed by atoms with Gasteiger partial charge in [0.15, 0.2) is 5.75 Å². The Kier molecular flexibility index (Phi) is 7.82. The summed E-state index contributed by atoms with van der Waals surface area (Å²) < 4.78 is 5.72. The van der Waals surface area contributed by atoms with Gasteiger partial charge in [0.2, 0.25) is 6.41 Å². The minimum atomic E-state index is 0.398. The second kappa shape index (κ2) is 9.62. The Balaban J connectivity index is 0.000000593. The second-order valence-electron chi connectivity index (χ2n) is 4.56. The van der Waals surface area contributed by atoms with E-state index in [2.05, 4.69) is 10.8 Å². The maximum absolute atomic E-state index is 8.94. The van der Waals surface area contributed by atoms with Crippen molar-refractivity contribution in [2.45, 2.75) is 13.5 Å². The molecule has 0 atom stereocenters. The van der Waals surface area contributed by atoms with Crippen LogP contribution < -0.4 is 26.9 Å². The van der Waals surface area contributed by atoms with Crippen LogP contribution in [0, 0.1) is 6.92 Å². The number of amides is 1. The number of nitrogens with one attached hydrogen (secondary N) is 1. The monoisotopic (exact) mass is 337 g/mol. The van der Waals surface area contributed by atoms with E-state index in [1.54, 1.807) is 35.9 Å². The quantitative estimate of drug-likeness (QED) is 0.331. The van der Waals surface area contributed by atoms with Gasteiger partial charge in [-0.25, -0.2) is 11.7 Å². The number of ether oxygens (including phenoxy) is 1. The standard InChI is InChI=1S/C14H16ClN3O.CH4N2O/c1-10-4-3-5-13(18(2)16)11(10)9-19-14-8-17-7-6-12(14)15;2-3-1-4/h3-8H,9,16H2,1-2H3;1H,2H2,(H,3,4). The van der Waals surface area contributed by atoms with Crippen LogP contribution in [0.1, 0.15) is 11.1 Å². The predicted octanol–water partition coefficient (Wildman–Crippen LogP) is 1.54. The van der Waals surface area contributed by atoms with Gasteiger partial charge in [0.1, 0.15) is 6.61 Å². The first-order valence-corrected chi connectivity index (χ1v) is 7.08. The van der Waals surface area contributed by atoms with E-state index in [-0.39, 0.29) is 0 Å². The summed E-state index contributed by atoms with van der Waals surface area (Å²) in [7, 11) is 1.80. The van der Waals surface area contributed by atoms with Gasteiger partial charge < -0.3 is 9.75 Å². The number of nitrogens with two attached hydrogens (primary N) is 2. The van der Waals surface area contributed by atoms with E-state index in [1.165, 1.54) is 0 Å². The minimum absolute atomic E-state index is 0.398. The van der Waals surface area contributed by atoms with E-state index in [9.17, 15) is 0 Å². The first-order chi connectivity index (χ1) is 11.0. The molecule has 1 amide bonds. The van der Waals surface area contributed by atoms with Crippen LogP contribution in [0.3, 0.4) is 0 Å². The Bertz CT molecular complexity index is 637. The maximum Gasteiger partial charge on any atom is 0.221 e. The molecule has 1 heterocycles. The number of hydrogen-bond acceptors (Lipinski definition) is 6. The number of hydrazine groups is 2. The normalized spacial score (nSPS) is 9.43. The zero-order valence-corrected chi connectivity index (χ0v) is 13.7. The third kappa shape index (κ3) is 5.74. The van der Waals surface area contributed by atoms with Crippen LogP contribution in [0.4, 0.5) is 5.69 Å². The van der Waals surface area contributed by atoms with Gasteiger partial charge in [-0.3, -0.25) is 15.2 Å². The van der Waals surface area contributed by atoms with Crippen LogP contribution in [-0.4, -0.2) is 18.4 Å². The van der Waals surface area contributed by atoms with Crippen LogP contribution in [-0.2, 0) is 11.4 Å². The number of benzene rings is 1. The minimum Gasteiger partial charge on any atom is -0.486 e. The lowest BCUT2D eigenvalue weighted by Crippen LogP contribution is -2.26. The van der Waals surface area contributed by atoms with Crippen molar-refractivity contribution in [3.8, 4) is 5.75 Å². The third-order valence-corrected chi connectivity index (χ3v) is 3.25. The molecule has 7 nitrogen and oxygen atoms in total. The van der Waals surface area contributed by atoms with E-state index in [0.717, 1.165) is 16.8 Å². The molecule has 2 rings (SSSR count). The number of pyridine rings is 1. The molecule has 2 aromatic rings. The molecule has 23 heavy (non-hydrogen) atoms. The Morgan fingerprint density at radius 3 is 2.70 bits per heavy atom. The summed E-state index contributed by atoms with van der Waals surface area (Å²) in [5, 5.41) is 2.13. The lowest BCUT2D eigenvalue weighted by molar-refractivity contribution is -0.109. The van der Waals surface area contributed by atoms with E-state index in [1.807, 2.05) is 25.1 Å². The highest BCUT2D eigenvalue weighted by Crippen LogP contribution is 2.26. The number of aromatic nitrogens is 1. The van der Waals surface area contributed by atoms with Gasteiger partial charge in [0.05, 0.1) is 16.9 Å². The second-order valence-corrected chi connectivity index (χ2v) is 4.97. The summed E-state index contributed by atoms with van der Waals surface area (Å²) in [5.41, 5.74) is 4.84. The molecule has 0 aliphatic rings. The number of anilines is 1. The number of carbonyl (C=O) groups excluding carboxylic acids is 1. The van der Waals surface area contributed by atoms with Crippen molar-refractivity contribution < 1.29 is 9.53 Å². The van der Waals surface area contributed by atoms with E-state index < -0.39 is 0 Å². The molecule has 0 aliphatic heterocycles. The molecule has 0 fully saturated rings. The van der Waals surface area contributed by atoms with Gasteiger partial charge in [-0.1, -0.05) is 23.7 Å². The average Bonchev–Trinajstić information content (AvgIpc) is 2.55. The fourth-order valence-electron chi connectivity index (χ4n) is 1.82. The number of halogens is 1. The molecule has 0 saturated heterocycles. The molecule has 8 heteroatoms. The van der Waals surface area contributed by atoms with Crippen LogP contribution in [0.5, 0.6) is 5.75 Å². The average molecular weight is 338 g/mol. The van der Waals surface area contributed by atoms with Crippen LogP contribution in [0.25, 0.3) is 0 Å². The molecular weight excluding hydrogens is 318 g/mol. The molecule has 1 aromatic carbocycles. The predicted molar refractivity (Wildman–Crippen MR) is 90.7 cm³/mol. The molecule has 1 aromatic heterocycles. The van der Waals surface area contributed by atoms with Crippen LogP contribution in [0.15, 0.2) is 36.7 Å². The molecule has 124 valence electrons. The topological polar surface area (TPSA) is 106 Å². The molecule has 0 bridgehead atoms. The molecule has 5 N–H and O–H groups in total. The summed E-state index contributed by atoms with van der Waals surface area (Å²) in [4.78, 5) is 12.9. The highest BCUT2D eigenvalue weighted by atomic mass is 35.5. The van der Waals surface area contributed by atoms with Gasteiger partial charge in [-0.15, -0.1) is 0 Å². The van der Waals surface area contributed by atoms with Gasteiger partial charge in [0.25, 0.3) is 0 Å². The van der Waals surface area contributed by atoms with E-state index in [4.69, 9.17) is 27.0 Å². The van der Waals surface area contributed by atoms with Crippen molar-refractivity contribution in [2.75, 3.05) is 12.1 Å². The van der Waals surface area contributed by atoms with Crippen molar-refractivity contribution >= 4 is 23.7 Å². The van der Waals surface area contributed by atoms with E-state index >= 15 is 0 Å². The summed E-state index contributed by atoms with van der Waals surface area (Å²) in [6, 6.07) is 7.65. The Morgan fingerprint density at radius 2 is 2.13 bits per heavy atom. The lowest BCUT2D eigenvalue weighted by Gasteiger charge is -2.19. The van der Waals surface area contributed by atoms with Crippen molar-refractivity contribution in [1.82, 2.24) is 10.4 Å². The Morgan fingerprint density at radius 1 is 1.43 bits per heavy atom. The summed E-state index contributed by atoms with van der Waals surface area (Å²) >= 11 is 6.03. The van der Waals surface area contributed by atoms with Crippen molar-refractivity contribution in [3.63, 3.8) is 0 Å². The molecule has 0 aliphatic carbocycles. The van der Waals surface area contributed by atoms with Gasteiger partial charge in [-0.05, 0) is 24.6 Å². The SMILES string of the molecule is Cc1cccc(N(C)N)c1COc1cnccc1Cl.NNC=O. The van der Waals surface area contributed by atoms with Crippen LogP contribution >= 0.6 is 11.6 Å². The lowest BCUT2D eigenvalue weighted by atomic mass is 10.1. The van der Waals surface area contributed by atoms with Gasteiger partial charge >= 0.3 is 0 Å². The number of nitrogens with zero attached hydrogens (tertiary/aromatic N) is 2. The summed E-state index contributed by atoms with van der Waals surface area (Å²) in [6.07, 6.45) is 3.63. The van der Waals surface area contributed by atoms with E-state index in [0.29, 0.717) is 23.8 Å². The molecular formula is C15H20ClN5O2. The first kappa shape index (κ1) is 18.7. The number of hydrogen-bond donors (Lipinski definition) is 3. The van der Waals surface area contributed by atoms with Crippen molar-refractivity contribution in [1.29, 1.82) is 0 Å².